The Labute approximate surface area is 160 Å². The fourth-order valence-corrected chi connectivity index (χ4v) is 2.55. The molecule has 1 N–H and O–H groups in total. The minimum Gasteiger partial charge on any atom is -0.473 e. The van der Waals surface area contributed by atoms with E-state index in [1.165, 1.54) is 12.1 Å². The fourth-order valence-electron chi connectivity index (χ4n) is 2.55. The van der Waals surface area contributed by atoms with Crippen LogP contribution in [-0.2, 0) is 22.6 Å². The maximum absolute atomic E-state index is 14.0. The van der Waals surface area contributed by atoms with Crippen LogP contribution in [0.3, 0.4) is 0 Å². The Morgan fingerprint density at radius 2 is 2.14 bits per heavy atom. The maximum Gasteiger partial charge on any atom is 0.310 e. The second-order valence-corrected chi connectivity index (χ2v) is 5.81. The van der Waals surface area contributed by atoms with Gasteiger partial charge in [-0.15, -0.1) is 0 Å². The van der Waals surface area contributed by atoms with E-state index in [0.29, 0.717) is 29.1 Å². The number of halogens is 1. The van der Waals surface area contributed by atoms with Crippen LogP contribution < -0.4 is 4.74 Å². The normalized spacial score (nSPS) is 10.3. The van der Waals surface area contributed by atoms with Crippen molar-refractivity contribution in [3.05, 3.63) is 65.1 Å². The predicted molar refractivity (Wildman–Crippen MR) is 97.6 cm³/mol. The number of aromatic nitrogens is 3. The number of carbonyl (C=O) groups is 1. The molecule has 3 rings (SSSR count). The highest BCUT2D eigenvalue weighted by atomic mass is 19.1. The van der Waals surface area contributed by atoms with Crippen molar-refractivity contribution in [2.24, 2.45) is 0 Å². The van der Waals surface area contributed by atoms with Gasteiger partial charge in [-0.05, 0) is 25.1 Å². The van der Waals surface area contributed by atoms with Gasteiger partial charge in [0.05, 0.1) is 30.4 Å². The van der Waals surface area contributed by atoms with E-state index < -0.39 is 5.82 Å². The van der Waals surface area contributed by atoms with E-state index in [1.807, 2.05) is 6.07 Å². The number of aromatic amines is 1. The molecule has 2 heterocycles. The number of nitrogens with one attached hydrogen (secondary N) is 1. The Hall–Kier alpha value is -3.73. The number of benzene rings is 1. The van der Waals surface area contributed by atoms with E-state index in [4.69, 9.17) is 14.7 Å². The third-order valence-corrected chi connectivity index (χ3v) is 3.88. The number of esters is 1. The summed E-state index contributed by atoms with van der Waals surface area (Å²) in [5.74, 6) is -0.584. The Balaban J connectivity index is 1.74. The van der Waals surface area contributed by atoms with Crippen LogP contribution in [0.15, 0.2) is 42.6 Å². The lowest BCUT2D eigenvalue weighted by atomic mass is 10.1. The second kappa shape index (κ2) is 8.77. The largest absolute Gasteiger partial charge is 0.473 e. The Kier molecular flexibility index (Phi) is 5.97. The molecule has 0 aliphatic heterocycles. The van der Waals surface area contributed by atoms with Crippen molar-refractivity contribution in [3.8, 4) is 23.3 Å². The van der Waals surface area contributed by atoms with E-state index in [2.05, 4.69) is 15.2 Å². The quantitative estimate of drug-likeness (QED) is 0.632. The lowest BCUT2D eigenvalue weighted by molar-refractivity contribution is -0.142. The van der Waals surface area contributed by atoms with Crippen LogP contribution in [0.2, 0.25) is 0 Å². The molecule has 7 nitrogen and oxygen atoms in total. The molecular formula is C20H17FN4O3. The highest BCUT2D eigenvalue weighted by Gasteiger charge is 2.15. The first-order valence-electron chi connectivity index (χ1n) is 8.57. The number of nitriles is 1. The Bertz CT molecular complexity index is 1030. The third-order valence-electron chi connectivity index (χ3n) is 3.88. The van der Waals surface area contributed by atoms with Gasteiger partial charge in [-0.3, -0.25) is 9.89 Å². The van der Waals surface area contributed by atoms with Crippen LogP contribution in [0.1, 0.15) is 23.6 Å². The Morgan fingerprint density at radius 1 is 1.29 bits per heavy atom. The van der Waals surface area contributed by atoms with Gasteiger partial charge in [0, 0.05) is 23.4 Å². The zero-order valence-corrected chi connectivity index (χ0v) is 15.1. The number of carbonyl (C=O) groups excluding carboxylic acids is 1. The van der Waals surface area contributed by atoms with Gasteiger partial charge in [0.25, 0.3) is 0 Å². The molecule has 0 unspecified atom stereocenters. The van der Waals surface area contributed by atoms with Crippen molar-refractivity contribution in [1.29, 1.82) is 5.26 Å². The van der Waals surface area contributed by atoms with Crippen molar-refractivity contribution in [3.63, 3.8) is 0 Å². The van der Waals surface area contributed by atoms with Crippen molar-refractivity contribution >= 4 is 5.97 Å². The van der Waals surface area contributed by atoms with Gasteiger partial charge in [0.2, 0.25) is 5.88 Å². The molecule has 0 bridgehead atoms. The second-order valence-electron chi connectivity index (χ2n) is 5.81. The van der Waals surface area contributed by atoms with Crippen molar-refractivity contribution in [2.45, 2.75) is 20.0 Å². The molecule has 0 aliphatic carbocycles. The summed E-state index contributed by atoms with van der Waals surface area (Å²) < 4.78 is 24.5. The van der Waals surface area contributed by atoms with E-state index in [1.54, 1.807) is 31.3 Å². The molecule has 3 aromatic rings. The molecule has 0 saturated heterocycles. The SMILES string of the molecule is CCOC(=O)Cc1c[nH]nc1-c1cccc(OCc2ccc(C#N)cc2F)n1. The molecule has 142 valence electrons. The molecule has 0 atom stereocenters. The lowest BCUT2D eigenvalue weighted by Crippen LogP contribution is -2.08. The number of ether oxygens (including phenoxy) is 2. The van der Waals surface area contributed by atoms with E-state index in [0.717, 1.165) is 6.07 Å². The average molecular weight is 380 g/mol. The molecule has 28 heavy (non-hydrogen) atoms. The van der Waals surface area contributed by atoms with Gasteiger partial charge >= 0.3 is 5.97 Å². The average Bonchev–Trinajstić information content (AvgIpc) is 3.15. The van der Waals surface area contributed by atoms with E-state index >= 15 is 0 Å². The van der Waals surface area contributed by atoms with Crippen LogP contribution >= 0.6 is 0 Å². The molecular weight excluding hydrogens is 363 g/mol. The summed E-state index contributed by atoms with van der Waals surface area (Å²) in [6.07, 6.45) is 1.69. The molecule has 0 amide bonds. The summed E-state index contributed by atoms with van der Waals surface area (Å²) in [5.41, 5.74) is 2.24. The smallest absolute Gasteiger partial charge is 0.310 e. The summed E-state index contributed by atoms with van der Waals surface area (Å²) >= 11 is 0. The van der Waals surface area contributed by atoms with E-state index in [9.17, 15) is 9.18 Å². The number of nitrogens with zero attached hydrogens (tertiary/aromatic N) is 3. The molecule has 0 saturated carbocycles. The topological polar surface area (TPSA) is 101 Å². The molecule has 0 radical (unpaired) electrons. The number of rotatable bonds is 7. The van der Waals surface area contributed by atoms with Crippen LogP contribution in [0, 0.1) is 17.1 Å². The number of hydrogen-bond donors (Lipinski definition) is 1. The summed E-state index contributed by atoms with van der Waals surface area (Å²) in [4.78, 5) is 16.1. The first kappa shape index (κ1) is 19.0. The molecule has 8 heteroatoms. The monoisotopic (exact) mass is 380 g/mol. The molecule has 0 spiro atoms. The first-order chi connectivity index (χ1) is 13.6. The molecule has 0 aliphatic rings. The number of hydrogen-bond acceptors (Lipinski definition) is 6. The zero-order chi connectivity index (χ0) is 19.9. The van der Waals surface area contributed by atoms with Gasteiger partial charge in [-0.25, -0.2) is 9.37 Å². The molecule has 1 aromatic carbocycles. The minimum absolute atomic E-state index is 0.0375. The standard InChI is InChI=1S/C20H17FN4O3/c1-2-27-19(26)9-15-11-23-25-20(15)17-4-3-5-18(24-17)28-12-14-7-6-13(10-22)8-16(14)21/h3-8,11H,2,9,12H2,1H3,(H,23,25). The van der Waals surface area contributed by atoms with Crippen molar-refractivity contribution in [1.82, 2.24) is 15.2 Å². The van der Waals surface area contributed by atoms with Gasteiger partial charge in [0.15, 0.2) is 0 Å². The molecule has 0 fully saturated rings. The minimum atomic E-state index is -0.515. The van der Waals surface area contributed by atoms with Gasteiger partial charge in [0.1, 0.15) is 18.1 Å². The summed E-state index contributed by atoms with van der Waals surface area (Å²) in [5, 5.41) is 15.7. The van der Waals surface area contributed by atoms with Crippen LogP contribution in [0.4, 0.5) is 4.39 Å². The van der Waals surface area contributed by atoms with Crippen LogP contribution in [0.5, 0.6) is 5.88 Å². The van der Waals surface area contributed by atoms with Crippen molar-refractivity contribution < 1.29 is 18.7 Å². The van der Waals surface area contributed by atoms with Gasteiger partial charge in [-0.2, -0.15) is 10.4 Å². The van der Waals surface area contributed by atoms with Gasteiger partial charge in [-0.1, -0.05) is 12.1 Å². The molecule has 2 aromatic heterocycles. The van der Waals surface area contributed by atoms with Crippen molar-refractivity contribution in [2.75, 3.05) is 6.61 Å². The van der Waals surface area contributed by atoms with E-state index in [-0.39, 0.29) is 30.4 Å². The highest BCUT2D eigenvalue weighted by Crippen LogP contribution is 2.23. The maximum atomic E-state index is 14.0. The summed E-state index contributed by atoms with van der Waals surface area (Å²) in [6, 6.07) is 11.2. The summed E-state index contributed by atoms with van der Waals surface area (Å²) in [7, 11) is 0. The lowest BCUT2D eigenvalue weighted by Gasteiger charge is -2.08. The third kappa shape index (κ3) is 4.51. The van der Waals surface area contributed by atoms with Crippen LogP contribution in [-0.4, -0.2) is 27.8 Å². The highest BCUT2D eigenvalue weighted by molar-refractivity contribution is 5.75. The fraction of sp³-hybridized carbons (Fsp3) is 0.200. The first-order valence-corrected chi connectivity index (χ1v) is 8.57. The Morgan fingerprint density at radius 3 is 2.89 bits per heavy atom. The summed E-state index contributed by atoms with van der Waals surface area (Å²) in [6.45, 7) is 2.01. The van der Waals surface area contributed by atoms with Crippen LogP contribution in [0.25, 0.3) is 11.4 Å². The number of pyridine rings is 1. The van der Waals surface area contributed by atoms with Gasteiger partial charge < -0.3 is 9.47 Å². The number of H-pyrrole nitrogens is 1. The predicted octanol–water partition coefficient (Wildman–Crippen LogP) is 3.17. The zero-order valence-electron chi connectivity index (χ0n) is 15.1.